The largest absolute Gasteiger partial charge is 0.508 e. The minimum Gasteiger partial charge on any atom is -0.508 e. The van der Waals surface area contributed by atoms with Gasteiger partial charge in [0.05, 0.1) is 16.8 Å². The van der Waals surface area contributed by atoms with Crippen molar-refractivity contribution in [2.45, 2.75) is 6.54 Å². The van der Waals surface area contributed by atoms with Crippen LogP contribution in [0.3, 0.4) is 0 Å². The van der Waals surface area contributed by atoms with Crippen LogP contribution in [-0.4, -0.2) is 16.0 Å². The number of phenols is 1. The number of amides is 1. The van der Waals surface area contributed by atoms with Crippen LogP contribution in [0.2, 0.25) is 0 Å². The number of carbonyl (C=O) groups is 1. The quantitative estimate of drug-likeness (QED) is 0.566. The second-order valence-electron chi connectivity index (χ2n) is 6.25. The van der Waals surface area contributed by atoms with E-state index in [-0.39, 0.29) is 18.2 Å². The van der Waals surface area contributed by atoms with Gasteiger partial charge in [-0.2, -0.15) is 0 Å². The molecule has 0 atom stereocenters. The van der Waals surface area contributed by atoms with Crippen molar-refractivity contribution in [1.29, 1.82) is 0 Å². The van der Waals surface area contributed by atoms with Gasteiger partial charge in [0.1, 0.15) is 5.75 Å². The summed E-state index contributed by atoms with van der Waals surface area (Å²) < 4.78 is 0. The Balaban J connectivity index is 1.71. The number of hydrogen-bond donors (Lipinski definition) is 2. The molecular formula is C23H18N2O2. The monoisotopic (exact) mass is 354 g/mol. The Labute approximate surface area is 157 Å². The van der Waals surface area contributed by atoms with Crippen LogP contribution in [0.15, 0.2) is 84.9 Å². The number of carbonyl (C=O) groups excluding carboxylic acids is 1. The van der Waals surface area contributed by atoms with Gasteiger partial charge in [-0.05, 0) is 18.2 Å². The zero-order valence-electron chi connectivity index (χ0n) is 14.6. The summed E-state index contributed by atoms with van der Waals surface area (Å²) in [5, 5.41) is 13.6. The Morgan fingerprint density at radius 1 is 0.889 bits per heavy atom. The van der Waals surface area contributed by atoms with E-state index in [0.29, 0.717) is 11.1 Å². The summed E-state index contributed by atoms with van der Waals surface area (Å²) in [7, 11) is 0. The first-order valence-electron chi connectivity index (χ1n) is 8.72. The van der Waals surface area contributed by atoms with E-state index >= 15 is 0 Å². The molecular weight excluding hydrogens is 336 g/mol. The second kappa shape index (κ2) is 7.30. The topological polar surface area (TPSA) is 62.2 Å². The lowest BCUT2D eigenvalue weighted by Crippen LogP contribution is -2.23. The highest BCUT2D eigenvalue weighted by Gasteiger charge is 2.14. The first kappa shape index (κ1) is 16.8. The van der Waals surface area contributed by atoms with E-state index < -0.39 is 0 Å². The van der Waals surface area contributed by atoms with Crippen molar-refractivity contribution >= 4 is 16.8 Å². The number of hydrogen-bond acceptors (Lipinski definition) is 3. The van der Waals surface area contributed by atoms with Crippen LogP contribution in [0.5, 0.6) is 5.75 Å². The minimum atomic E-state index is -0.200. The van der Waals surface area contributed by atoms with Gasteiger partial charge in [-0.15, -0.1) is 0 Å². The Kier molecular flexibility index (Phi) is 4.54. The van der Waals surface area contributed by atoms with E-state index in [0.717, 1.165) is 22.2 Å². The summed E-state index contributed by atoms with van der Waals surface area (Å²) in [6, 6.07) is 26.2. The van der Waals surface area contributed by atoms with E-state index in [1.165, 1.54) is 0 Å². The van der Waals surface area contributed by atoms with Gasteiger partial charge in [-0.3, -0.25) is 4.79 Å². The highest BCUT2D eigenvalue weighted by molar-refractivity contribution is 6.07. The molecule has 2 N–H and O–H groups in total. The third-order valence-electron chi connectivity index (χ3n) is 4.46. The fraction of sp³-hybridized carbons (Fsp3) is 0.0435. The van der Waals surface area contributed by atoms with Gasteiger partial charge in [0.25, 0.3) is 5.91 Å². The summed E-state index contributed by atoms with van der Waals surface area (Å²) in [6.07, 6.45) is 0. The van der Waals surface area contributed by atoms with Gasteiger partial charge in [-0.25, -0.2) is 4.98 Å². The van der Waals surface area contributed by atoms with Gasteiger partial charge in [-0.1, -0.05) is 66.7 Å². The van der Waals surface area contributed by atoms with Gasteiger partial charge in [0, 0.05) is 23.1 Å². The molecule has 0 unspecified atom stereocenters. The molecule has 0 fully saturated rings. The molecule has 0 aliphatic heterocycles. The van der Waals surface area contributed by atoms with E-state index in [4.69, 9.17) is 4.98 Å². The number of nitrogens with zero attached hydrogens (tertiary/aromatic N) is 1. The molecule has 0 bridgehead atoms. The number of benzene rings is 3. The molecule has 3 aromatic carbocycles. The SMILES string of the molecule is O=C(NCc1ccccc1O)c1cc(-c2ccccc2)nc2ccccc12. The molecule has 4 aromatic rings. The van der Waals surface area contributed by atoms with Crippen LogP contribution in [0, 0.1) is 0 Å². The van der Waals surface area contributed by atoms with Crippen molar-refractivity contribution < 1.29 is 9.90 Å². The summed E-state index contributed by atoms with van der Waals surface area (Å²) in [4.78, 5) is 17.6. The molecule has 132 valence electrons. The fourth-order valence-corrected chi connectivity index (χ4v) is 3.05. The molecule has 0 saturated carbocycles. The molecule has 4 heteroatoms. The maximum absolute atomic E-state index is 12.9. The molecule has 4 nitrogen and oxygen atoms in total. The fourth-order valence-electron chi connectivity index (χ4n) is 3.05. The number of fused-ring (bicyclic) bond motifs is 1. The molecule has 0 aliphatic rings. The zero-order chi connectivity index (χ0) is 18.6. The predicted octanol–water partition coefficient (Wildman–Crippen LogP) is 4.54. The Bertz CT molecular complexity index is 1110. The summed E-state index contributed by atoms with van der Waals surface area (Å²) in [5.74, 6) is -0.0311. The molecule has 1 heterocycles. The van der Waals surface area contributed by atoms with Crippen LogP contribution in [-0.2, 0) is 6.54 Å². The standard InChI is InChI=1S/C23H18N2O2/c26-22-13-7-4-10-17(22)15-24-23(27)19-14-21(16-8-2-1-3-9-16)25-20-12-6-5-11-18(19)20/h1-14,26H,15H2,(H,24,27). The normalized spacial score (nSPS) is 10.7. The van der Waals surface area contributed by atoms with Crippen molar-refractivity contribution in [2.24, 2.45) is 0 Å². The second-order valence-corrected chi connectivity index (χ2v) is 6.25. The molecule has 0 aliphatic carbocycles. The van der Waals surface area contributed by atoms with Crippen molar-refractivity contribution in [1.82, 2.24) is 10.3 Å². The van der Waals surface area contributed by atoms with E-state index in [1.807, 2.05) is 66.7 Å². The van der Waals surface area contributed by atoms with Crippen LogP contribution >= 0.6 is 0 Å². The zero-order valence-corrected chi connectivity index (χ0v) is 14.6. The van der Waals surface area contributed by atoms with Crippen molar-refractivity contribution in [3.05, 3.63) is 96.1 Å². The lowest BCUT2D eigenvalue weighted by Gasteiger charge is -2.11. The number of rotatable bonds is 4. The molecule has 0 saturated heterocycles. The highest BCUT2D eigenvalue weighted by Crippen LogP contribution is 2.25. The number of nitrogens with one attached hydrogen (secondary N) is 1. The summed E-state index contributed by atoms with van der Waals surface area (Å²) in [6.45, 7) is 0.253. The van der Waals surface area contributed by atoms with Gasteiger partial charge < -0.3 is 10.4 Å². The predicted molar refractivity (Wildman–Crippen MR) is 106 cm³/mol. The minimum absolute atomic E-state index is 0.169. The summed E-state index contributed by atoms with van der Waals surface area (Å²) >= 11 is 0. The summed E-state index contributed by atoms with van der Waals surface area (Å²) in [5.41, 5.74) is 3.72. The van der Waals surface area contributed by atoms with Gasteiger partial charge >= 0.3 is 0 Å². The van der Waals surface area contributed by atoms with Gasteiger partial charge in [0.2, 0.25) is 0 Å². The number of para-hydroxylation sites is 2. The number of aromatic hydroxyl groups is 1. The van der Waals surface area contributed by atoms with E-state index in [9.17, 15) is 9.90 Å². The number of phenolic OH excluding ortho intramolecular Hbond substituents is 1. The third-order valence-corrected chi connectivity index (χ3v) is 4.46. The molecule has 1 aromatic heterocycles. The van der Waals surface area contributed by atoms with Crippen molar-refractivity contribution in [2.75, 3.05) is 0 Å². The van der Waals surface area contributed by atoms with Crippen LogP contribution < -0.4 is 5.32 Å². The van der Waals surface area contributed by atoms with E-state index in [1.54, 1.807) is 18.2 Å². The molecule has 0 spiro atoms. The molecule has 27 heavy (non-hydrogen) atoms. The lowest BCUT2D eigenvalue weighted by molar-refractivity contribution is 0.0952. The lowest BCUT2D eigenvalue weighted by atomic mass is 10.0. The highest BCUT2D eigenvalue weighted by atomic mass is 16.3. The van der Waals surface area contributed by atoms with Crippen molar-refractivity contribution in [3.8, 4) is 17.0 Å². The Hall–Kier alpha value is -3.66. The first-order valence-corrected chi connectivity index (χ1v) is 8.72. The molecule has 0 radical (unpaired) electrons. The van der Waals surface area contributed by atoms with Crippen LogP contribution in [0.1, 0.15) is 15.9 Å². The smallest absolute Gasteiger partial charge is 0.252 e. The third kappa shape index (κ3) is 3.51. The van der Waals surface area contributed by atoms with Crippen LogP contribution in [0.25, 0.3) is 22.2 Å². The maximum Gasteiger partial charge on any atom is 0.252 e. The number of aromatic nitrogens is 1. The Morgan fingerprint density at radius 3 is 2.41 bits per heavy atom. The van der Waals surface area contributed by atoms with Crippen molar-refractivity contribution in [3.63, 3.8) is 0 Å². The maximum atomic E-state index is 12.9. The number of pyridine rings is 1. The Morgan fingerprint density at radius 2 is 1.59 bits per heavy atom. The molecule has 1 amide bonds. The average Bonchev–Trinajstić information content (AvgIpc) is 2.73. The first-order chi connectivity index (χ1) is 13.2. The van der Waals surface area contributed by atoms with E-state index in [2.05, 4.69) is 5.32 Å². The molecule has 4 rings (SSSR count). The van der Waals surface area contributed by atoms with Crippen LogP contribution in [0.4, 0.5) is 0 Å². The van der Waals surface area contributed by atoms with Gasteiger partial charge in [0.15, 0.2) is 0 Å². The average molecular weight is 354 g/mol.